The Balaban J connectivity index is 2.24. The summed E-state index contributed by atoms with van der Waals surface area (Å²) in [4.78, 5) is 12.5. The number of ketones is 1. The number of hydrogen-bond donors (Lipinski definition) is 2. The van der Waals surface area contributed by atoms with Crippen molar-refractivity contribution in [2.45, 2.75) is 39.5 Å². The van der Waals surface area contributed by atoms with Crippen LogP contribution in [0.3, 0.4) is 0 Å². The fourth-order valence-corrected chi connectivity index (χ4v) is 4.10. The number of rotatable bonds is 4. The first-order valence-corrected chi connectivity index (χ1v) is 7.47. The summed E-state index contributed by atoms with van der Waals surface area (Å²) in [5.74, 6) is 1.60. The average Bonchev–Trinajstić information content (AvgIpc) is 2.42. The van der Waals surface area contributed by atoms with Gasteiger partial charge in [-0.05, 0) is 42.9 Å². The number of aliphatic hydroxyl groups is 2. The van der Waals surface area contributed by atoms with Crippen molar-refractivity contribution >= 4 is 5.78 Å². The topological polar surface area (TPSA) is 57.5 Å². The first-order chi connectivity index (χ1) is 9.03. The molecule has 3 heteroatoms. The number of carbonyl (C=O) groups excluding carboxylic acids is 1. The van der Waals surface area contributed by atoms with Crippen LogP contribution in [0.2, 0.25) is 0 Å². The molecule has 0 saturated heterocycles. The SMILES string of the molecule is C[C@H]1C=C[C@H]2C[C@@H](CO)CC[C@@H]2[C@@]1(C)C(=O)CCO. The van der Waals surface area contributed by atoms with Crippen LogP contribution in [-0.4, -0.2) is 29.2 Å². The molecule has 5 atom stereocenters. The van der Waals surface area contributed by atoms with Crippen molar-refractivity contribution < 1.29 is 15.0 Å². The number of aliphatic hydroxyl groups excluding tert-OH is 2. The third-order valence-electron chi connectivity index (χ3n) is 5.57. The molecule has 1 fully saturated rings. The quantitative estimate of drug-likeness (QED) is 0.767. The normalized spacial score (nSPS) is 41.9. The number of allylic oxidation sites excluding steroid dienone is 2. The van der Waals surface area contributed by atoms with Gasteiger partial charge in [0.1, 0.15) is 5.78 Å². The lowest BCUT2D eigenvalue weighted by atomic mass is 9.54. The number of fused-ring (bicyclic) bond motifs is 1. The van der Waals surface area contributed by atoms with Crippen molar-refractivity contribution in [1.29, 1.82) is 0 Å². The van der Waals surface area contributed by atoms with E-state index < -0.39 is 0 Å². The van der Waals surface area contributed by atoms with Gasteiger partial charge in [-0.25, -0.2) is 0 Å². The van der Waals surface area contributed by atoms with E-state index >= 15 is 0 Å². The van der Waals surface area contributed by atoms with Crippen molar-refractivity contribution in [2.75, 3.05) is 13.2 Å². The van der Waals surface area contributed by atoms with E-state index in [1.165, 1.54) is 0 Å². The van der Waals surface area contributed by atoms with E-state index in [4.69, 9.17) is 5.11 Å². The summed E-state index contributed by atoms with van der Waals surface area (Å²) in [6.07, 6.45) is 7.70. The standard InChI is InChI=1S/C16H26O3/c1-11-3-5-13-9-12(10-18)4-6-14(13)16(11,2)15(19)7-8-17/h3,5,11-14,17-18H,4,6-10H2,1-2H3/t11-,12-,13-,14-,16-/m0/s1. The van der Waals surface area contributed by atoms with E-state index in [9.17, 15) is 9.90 Å². The monoisotopic (exact) mass is 266 g/mol. The van der Waals surface area contributed by atoms with Crippen molar-refractivity contribution in [3.63, 3.8) is 0 Å². The van der Waals surface area contributed by atoms with Gasteiger partial charge in [0.2, 0.25) is 0 Å². The molecule has 0 aromatic rings. The Morgan fingerprint density at radius 3 is 2.68 bits per heavy atom. The number of hydrogen-bond acceptors (Lipinski definition) is 3. The van der Waals surface area contributed by atoms with Gasteiger partial charge in [0.25, 0.3) is 0 Å². The molecule has 0 spiro atoms. The van der Waals surface area contributed by atoms with Crippen LogP contribution in [0.1, 0.15) is 39.5 Å². The van der Waals surface area contributed by atoms with Crippen molar-refractivity contribution in [3.8, 4) is 0 Å². The van der Waals surface area contributed by atoms with Crippen LogP contribution in [0.4, 0.5) is 0 Å². The molecule has 3 nitrogen and oxygen atoms in total. The van der Waals surface area contributed by atoms with Gasteiger partial charge in [-0.2, -0.15) is 0 Å². The summed E-state index contributed by atoms with van der Waals surface area (Å²) in [5, 5.41) is 18.4. The highest BCUT2D eigenvalue weighted by atomic mass is 16.3. The Hall–Kier alpha value is -0.670. The Bertz CT molecular complexity index is 363. The lowest BCUT2D eigenvalue weighted by Crippen LogP contribution is -2.48. The zero-order valence-electron chi connectivity index (χ0n) is 12.0. The van der Waals surface area contributed by atoms with Gasteiger partial charge in [-0.3, -0.25) is 4.79 Å². The van der Waals surface area contributed by atoms with Crippen LogP contribution in [0, 0.1) is 29.1 Å². The summed E-state index contributed by atoms with van der Waals surface area (Å²) in [6, 6.07) is 0. The molecular formula is C16H26O3. The largest absolute Gasteiger partial charge is 0.396 e. The summed E-state index contributed by atoms with van der Waals surface area (Å²) in [6.45, 7) is 4.39. The zero-order chi connectivity index (χ0) is 14.0. The minimum atomic E-state index is -0.345. The van der Waals surface area contributed by atoms with E-state index in [1.807, 2.05) is 0 Å². The average molecular weight is 266 g/mol. The van der Waals surface area contributed by atoms with Crippen molar-refractivity contribution in [3.05, 3.63) is 12.2 Å². The first-order valence-electron chi connectivity index (χ1n) is 7.47. The smallest absolute Gasteiger partial charge is 0.141 e. The van der Waals surface area contributed by atoms with Crippen LogP contribution in [0.25, 0.3) is 0 Å². The Labute approximate surface area is 115 Å². The van der Waals surface area contributed by atoms with Crippen LogP contribution < -0.4 is 0 Å². The second kappa shape index (κ2) is 5.76. The predicted molar refractivity (Wildman–Crippen MR) is 74.5 cm³/mol. The highest BCUT2D eigenvalue weighted by Crippen LogP contribution is 2.52. The number of carbonyl (C=O) groups is 1. The van der Waals surface area contributed by atoms with Crippen molar-refractivity contribution in [1.82, 2.24) is 0 Å². The molecule has 0 aliphatic heterocycles. The van der Waals surface area contributed by atoms with Gasteiger partial charge in [0, 0.05) is 25.0 Å². The van der Waals surface area contributed by atoms with E-state index in [2.05, 4.69) is 26.0 Å². The molecule has 2 N–H and O–H groups in total. The maximum atomic E-state index is 12.5. The minimum Gasteiger partial charge on any atom is -0.396 e. The summed E-state index contributed by atoms with van der Waals surface area (Å²) in [5.41, 5.74) is -0.345. The van der Waals surface area contributed by atoms with Crippen molar-refractivity contribution in [2.24, 2.45) is 29.1 Å². The summed E-state index contributed by atoms with van der Waals surface area (Å²) < 4.78 is 0. The van der Waals surface area contributed by atoms with Gasteiger partial charge < -0.3 is 10.2 Å². The molecule has 2 rings (SSSR count). The minimum absolute atomic E-state index is 0.0541. The molecule has 0 radical (unpaired) electrons. The lowest BCUT2D eigenvalue weighted by molar-refractivity contribution is -0.137. The molecule has 0 aromatic carbocycles. The summed E-state index contributed by atoms with van der Waals surface area (Å²) >= 11 is 0. The van der Waals surface area contributed by atoms with E-state index in [0.717, 1.165) is 19.3 Å². The van der Waals surface area contributed by atoms with Gasteiger partial charge >= 0.3 is 0 Å². The fraction of sp³-hybridized carbons (Fsp3) is 0.812. The second-order valence-electron chi connectivity index (χ2n) is 6.49. The van der Waals surface area contributed by atoms with E-state index in [1.54, 1.807) is 0 Å². The molecule has 0 amide bonds. The third kappa shape index (κ3) is 2.50. The zero-order valence-corrected chi connectivity index (χ0v) is 12.0. The molecule has 0 unspecified atom stereocenters. The van der Waals surface area contributed by atoms with Crippen LogP contribution in [-0.2, 0) is 4.79 Å². The van der Waals surface area contributed by atoms with Crippen LogP contribution in [0.15, 0.2) is 12.2 Å². The highest BCUT2D eigenvalue weighted by Gasteiger charge is 2.50. The molecule has 108 valence electrons. The first kappa shape index (κ1) is 14.7. The molecule has 0 heterocycles. The predicted octanol–water partition coefficient (Wildman–Crippen LogP) is 2.17. The van der Waals surface area contributed by atoms with Gasteiger partial charge in [-0.1, -0.05) is 26.0 Å². The Kier molecular flexibility index (Phi) is 4.46. The van der Waals surface area contributed by atoms with Gasteiger partial charge in [0.15, 0.2) is 0 Å². The van der Waals surface area contributed by atoms with Crippen LogP contribution >= 0.6 is 0 Å². The molecule has 19 heavy (non-hydrogen) atoms. The molecule has 2 aliphatic carbocycles. The van der Waals surface area contributed by atoms with Gasteiger partial charge in [0.05, 0.1) is 0 Å². The lowest BCUT2D eigenvalue weighted by Gasteiger charge is -2.49. The van der Waals surface area contributed by atoms with Crippen LogP contribution in [0.5, 0.6) is 0 Å². The fourth-order valence-electron chi connectivity index (χ4n) is 4.10. The Morgan fingerprint density at radius 1 is 1.32 bits per heavy atom. The summed E-state index contributed by atoms with van der Waals surface area (Å²) in [7, 11) is 0. The maximum Gasteiger partial charge on any atom is 0.141 e. The second-order valence-corrected chi connectivity index (χ2v) is 6.49. The van der Waals surface area contributed by atoms with Gasteiger partial charge in [-0.15, -0.1) is 0 Å². The molecule has 1 saturated carbocycles. The third-order valence-corrected chi connectivity index (χ3v) is 5.57. The van der Waals surface area contributed by atoms with E-state index in [-0.39, 0.29) is 36.8 Å². The molecule has 0 aromatic heterocycles. The maximum absolute atomic E-state index is 12.5. The Morgan fingerprint density at radius 2 is 2.05 bits per heavy atom. The highest BCUT2D eigenvalue weighted by molar-refractivity contribution is 5.85. The molecule has 0 bridgehead atoms. The number of Topliss-reactive ketones (excluding diaryl/α,β-unsaturated/α-hetero) is 1. The molecule has 2 aliphatic rings. The molecular weight excluding hydrogens is 240 g/mol. The van der Waals surface area contributed by atoms with E-state index in [0.29, 0.717) is 17.8 Å².